The molecule has 0 rings (SSSR count). The molecule has 0 aliphatic heterocycles. The Hall–Kier alpha value is -0.270. The average Bonchev–Trinajstić information content (AvgIpc) is 2.58. The van der Waals surface area contributed by atoms with Gasteiger partial charge in [0.25, 0.3) is 11.3 Å². The van der Waals surface area contributed by atoms with Crippen LogP contribution in [0.15, 0.2) is 0 Å². The van der Waals surface area contributed by atoms with Crippen molar-refractivity contribution in [1.82, 2.24) is 4.90 Å². The third-order valence-corrected chi connectivity index (χ3v) is 5.59. The molecule has 0 amide bonds. The fourth-order valence-electron chi connectivity index (χ4n) is 2.27. The lowest BCUT2D eigenvalue weighted by molar-refractivity contribution is -0.351. The Labute approximate surface area is 138 Å². The first kappa shape index (κ1) is 22.7. The summed E-state index contributed by atoms with van der Waals surface area (Å²) in [6.45, 7) is 3.47. The van der Waals surface area contributed by atoms with Crippen molar-refractivity contribution in [2.75, 3.05) is 35.5 Å². The molecular formula is C12H27NO8P2. The van der Waals surface area contributed by atoms with Crippen molar-refractivity contribution in [3.05, 3.63) is 0 Å². The van der Waals surface area contributed by atoms with E-state index in [2.05, 4.69) is 0 Å². The van der Waals surface area contributed by atoms with Crippen LogP contribution in [-0.4, -0.2) is 63.8 Å². The van der Waals surface area contributed by atoms with Crippen LogP contribution in [0, 0.1) is 5.92 Å². The van der Waals surface area contributed by atoms with Crippen LogP contribution in [0.1, 0.15) is 13.8 Å². The average molecular weight is 375 g/mol. The molecule has 0 N–H and O–H groups in total. The van der Waals surface area contributed by atoms with Gasteiger partial charge in [-0.25, -0.2) is 0 Å². The number of hydrogen-bond donors (Lipinski definition) is 0. The van der Waals surface area contributed by atoms with E-state index in [1.165, 1.54) is 35.5 Å². The number of carbonyl (C=O) groups excluding carboxylic acids is 1. The lowest BCUT2D eigenvalue weighted by Gasteiger charge is -2.49. The second-order valence-electron chi connectivity index (χ2n) is 4.90. The third-order valence-electron chi connectivity index (χ3n) is 3.49. The van der Waals surface area contributed by atoms with Gasteiger partial charge in [-0.2, -0.15) is 4.90 Å². The van der Waals surface area contributed by atoms with Gasteiger partial charge >= 0.3 is 5.97 Å². The SMILES string of the molecule is COC(=O)C(C(C)C)N(C(OC)(OC)[PH2]=O)C(OC)(OC)[PH2]=O. The molecule has 0 fully saturated rings. The first-order valence-electron chi connectivity index (χ1n) is 6.80. The summed E-state index contributed by atoms with van der Waals surface area (Å²) < 4.78 is 49.8. The molecule has 9 nitrogen and oxygen atoms in total. The van der Waals surface area contributed by atoms with Gasteiger partial charge in [-0.15, -0.1) is 0 Å². The van der Waals surface area contributed by atoms with Crippen molar-refractivity contribution in [2.45, 2.75) is 31.2 Å². The number of ether oxygens (including phenoxy) is 5. The molecule has 0 aromatic rings. The lowest BCUT2D eigenvalue weighted by Crippen LogP contribution is -2.66. The Balaban J connectivity index is 6.54. The van der Waals surface area contributed by atoms with E-state index in [-0.39, 0.29) is 5.92 Å². The highest BCUT2D eigenvalue weighted by molar-refractivity contribution is 7.26. The summed E-state index contributed by atoms with van der Waals surface area (Å²) >= 11 is 0. The minimum Gasteiger partial charge on any atom is -0.468 e. The van der Waals surface area contributed by atoms with Crippen molar-refractivity contribution in [3.63, 3.8) is 0 Å². The zero-order valence-electron chi connectivity index (χ0n) is 14.5. The number of esters is 1. The van der Waals surface area contributed by atoms with E-state index in [0.29, 0.717) is 0 Å². The maximum absolute atomic E-state index is 12.3. The Bertz CT molecular complexity index is 388. The molecule has 138 valence electrons. The Morgan fingerprint density at radius 3 is 1.39 bits per heavy atom. The van der Waals surface area contributed by atoms with Gasteiger partial charge in [0.2, 0.25) is 0 Å². The predicted molar refractivity (Wildman–Crippen MR) is 86.8 cm³/mol. The van der Waals surface area contributed by atoms with E-state index in [1.54, 1.807) is 13.8 Å². The van der Waals surface area contributed by atoms with Crippen LogP contribution in [0.25, 0.3) is 0 Å². The second kappa shape index (κ2) is 9.89. The summed E-state index contributed by atoms with van der Waals surface area (Å²) in [4.78, 5) is 13.5. The van der Waals surface area contributed by atoms with Crippen molar-refractivity contribution >= 4 is 22.9 Å². The highest BCUT2D eigenvalue weighted by atomic mass is 31.1. The number of nitrogens with zero attached hydrogens (tertiary/aromatic N) is 1. The van der Waals surface area contributed by atoms with Crippen LogP contribution >= 0.6 is 16.9 Å². The molecule has 0 bridgehead atoms. The van der Waals surface area contributed by atoms with Crippen molar-refractivity contribution in [1.29, 1.82) is 0 Å². The smallest absolute Gasteiger partial charge is 0.323 e. The monoisotopic (exact) mass is 375 g/mol. The summed E-state index contributed by atoms with van der Waals surface area (Å²) in [6.07, 6.45) is 0. The van der Waals surface area contributed by atoms with Gasteiger partial charge in [0.05, 0.1) is 7.11 Å². The Kier molecular flexibility index (Phi) is 9.77. The van der Waals surface area contributed by atoms with Crippen molar-refractivity contribution in [3.8, 4) is 0 Å². The Morgan fingerprint density at radius 1 is 0.870 bits per heavy atom. The van der Waals surface area contributed by atoms with E-state index in [9.17, 15) is 13.9 Å². The van der Waals surface area contributed by atoms with Gasteiger partial charge in [-0.1, -0.05) is 13.8 Å². The van der Waals surface area contributed by atoms with E-state index < -0.39 is 40.2 Å². The molecule has 0 heterocycles. The van der Waals surface area contributed by atoms with Gasteiger partial charge < -0.3 is 32.8 Å². The van der Waals surface area contributed by atoms with Crippen LogP contribution in [0.3, 0.4) is 0 Å². The van der Waals surface area contributed by atoms with E-state index in [4.69, 9.17) is 23.7 Å². The van der Waals surface area contributed by atoms with Gasteiger partial charge in [-0.3, -0.25) is 4.79 Å². The molecule has 0 aromatic carbocycles. The molecule has 0 saturated carbocycles. The van der Waals surface area contributed by atoms with Crippen molar-refractivity contribution in [2.24, 2.45) is 5.92 Å². The molecule has 23 heavy (non-hydrogen) atoms. The highest BCUT2D eigenvalue weighted by Gasteiger charge is 2.57. The van der Waals surface area contributed by atoms with Gasteiger partial charge in [0.15, 0.2) is 0 Å². The first-order valence-corrected chi connectivity index (χ1v) is 8.89. The molecule has 0 aromatic heterocycles. The third kappa shape index (κ3) is 4.42. The number of carbonyl (C=O) groups is 1. The van der Waals surface area contributed by atoms with Gasteiger partial charge in [-0.05, 0) is 5.92 Å². The second-order valence-corrected chi connectivity index (χ2v) is 6.83. The summed E-state index contributed by atoms with van der Waals surface area (Å²) in [5.74, 6) is -0.994. The topological polar surface area (TPSA) is 101 Å². The van der Waals surface area contributed by atoms with E-state index in [0.717, 1.165) is 4.90 Å². The fraction of sp³-hybridized carbons (Fsp3) is 0.917. The van der Waals surface area contributed by atoms with Crippen LogP contribution in [-0.2, 0) is 37.6 Å². The molecule has 0 saturated heterocycles. The summed E-state index contributed by atoms with van der Waals surface area (Å²) in [5.41, 5.74) is -3.71. The van der Waals surface area contributed by atoms with E-state index in [1.807, 2.05) is 0 Å². The number of methoxy groups -OCH3 is 5. The summed E-state index contributed by atoms with van der Waals surface area (Å²) in [6, 6.07) is -1.04. The molecule has 0 radical (unpaired) electrons. The highest BCUT2D eigenvalue weighted by Crippen LogP contribution is 2.44. The minimum atomic E-state index is -1.85. The zero-order chi connectivity index (χ0) is 18.3. The number of hydrogen-bond acceptors (Lipinski definition) is 9. The molecule has 0 aliphatic rings. The normalized spacial score (nSPS) is 15.3. The van der Waals surface area contributed by atoms with Crippen LogP contribution < -0.4 is 0 Å². The standard InChI is InChI=1S/C12H27NO8P2/c1-8(2)9(10(14)17-3)13(11(18-4,19-5)22-15)12(20-6,21-7)23-16/h8-9H,22-23H2,1-7H3. The van der Waals surface area contributed by atoms with Crippen LogP contribution in [0.2, 0.25) is 0 Å². The molecular weight excluding hydrogens is 348 g/mol. The van der Waals surface area contributed by atoms with Crippen LogP contribution in [0.5, 0.6) is 0 Å². The van der Waals surface area contributed by atoms with Gasteiger partial charge in [0, 0.05) is 28.4 Å². The van der Waals surface area contributed by atoms with E-state index >= 15 is 0 Å². The summed E-state index contributed by atoms with van der Waals surface area (Å²) in [5, 5.41) is 0. The van der Waals surface area contributed by atoms with Gasteiger partial charge in [0.1, 0.15) is 23.0 Å². The molecule has 3 atom stereocenters. The fourth-order valence-corrected chi connectivity index (χ4v) is 3.71. The predicted octanol–water partition coefficient (Wildman–Crippen LogP) is 0.807. The number of rotatable bonds is 11. The van der Waals surface area contributed by atoms with Crippen molar-refractivity contribution < 1.29 is 37.6 Å². The molecule has 0 spiro atoms. The molecule has 11 heteroatoms. The van der Waals surface area contributed by atoms with Crippen LogP contribution in [0.4, 0.5) is 0 Å². The maximum atomic E-state index is 12.3. The maximum Gasteiger partial charge on any atom is 0.323 e. The minimum absolute atomic E-state index is 0.339. The molecule has 0 aliphatic carbocycles. The summed E-state index contributed by atoms with van der Waals surface area (Å²) in [7, 11) is 2.73. The molecule has 3 unspecified atom stereocenters. The largest absolute Gasteiger partial charge is 0.468 e. The zero-order valence-corrected chi connectivity index (χ0v) is 16.8. The first-order chi connectivity index (χ1) is 10.8. The lowest BCUT2D eigenvalue weighted by atomic mass is 10.0. The quantitative estimate of drug-likeness (QED) is 0.295. The Morgan fingerprint density at radius 2 is 1.22 bits per heavy atom.